The number of ether oxygens (including phenoxy) is 5. The number of alkyl halides is 1. The molecule has 0 aliphatic rings. The number of hydrogen-bond acceptors (Lipinski definition) is 8. The molecule has 6 aromatic rings. The lowest BCUT2D eigenvalue weighted by Crippen LogP contribution is -2.13. The van der Waals surface area contributed by atoms with Gasteiger partial charge in [0.1, 0.15) is 41.2 Å². The molecule has 0 aromatic heterocycles. The fourth-order valence-corrected chi connectivity index (χ4v) is 8.08. The number of phenolic OH excluding ortho intramolecular Hbond substituents is 1. The molecule has 0 amide bonds. The summed E-state index contributed by atoms with van der Waals surface area (Å²) in [5, 5.41) is 9.21. The standard InChI is InChI=1S/C32H35FO4.C18H20ClFO.C14H16O3/c1-7-8-9-24(19-31(34)36-6)23-11-13-25(14-12-23)37-21-22-10-16-29(32(2,3)4)27(18-22)28-20-26(35-5)15-17-30(28)33;1-18(2,3)16-7-5-12(11-19)9-14(16)15-10-13(21-4)6-8-17(15)20;1-3-4-5-12(10-14(16)17-2)11-6-8-13(15)9-7-11/h10-18,20,24H,7,19,21H2,1-6H3;5-10H,11H2,1-4H3;6-9,12,15H,3,10H2,1-2H3/t24-;;12-/m1.1/s1. The Morgan fingerprint density at radius 2 is 0.947 bits per heavy atom. The summed E-state index contributed by atoms with van der Waals surface area (Å²) in [6.45, 7) is 16.9. The zero-order valence-electron chi connectivity index (χ0n) is 45.4. The molecule has 11 heteroatoms. The van der Waals surface area contributed by atoms with Gasteiger partial charge < -0.3 is 28.8 Å². The zero-order chi connectivity index (χ0) is 55.3. The Morgan fingerprint density at radius 3 is 1.33 bits per heavy atom. The van der Waals surface area contributed by atoms with Crippen molar-refractivity contribution in [3.8, 4) is 68.9 Å². The Bertz CT molecular complexity index is 2950. The van der Waals surface area contributed by atoms with E-state index in [2.05, 4.69) is 70.0 Å². The van der Waals surface area contributed by atoms with Gasteiger partial charge in [0.15, 0.2) is 0 Å². The molecule has 0 aliphatic heterocycles. The highest BCUT2D eigenvalue weighted by molar-refractivity contribution is 6.17. The minimum absolute atomic E-state index is 0.0876. The van der Waals surface area contributed by atoms with Crippen molar-refractivity contribution in [3.05, 3.63) is 166 Å². The van der Waals surface area contributed by atoms with Crippen LogP contribution in [0.1, 0.15) is 126 Å². The summed E-state index contributed by atoms with van der Waals surface area (Å²) in [5.74, 6) is 13.2. The summed E-state index contributed by atoms with van der Waals surface area (Å²) < 4.78 is 55.3. The number of methoxy groups -OCH3 is 4. The first-order valence-electron chi connectivity index (χ1n) is 24.8. The smallest absolute Gasteiger partial charge is 0.307 e. The van der Waals surface area contributed by atoms with Crippen molar-refractivity contribution in [2.75, 3.05) is 28.4 Å². The zero-order valence-corrected chi connectivity index (χ0v) is 46.1. The number of hydrogen-bond donors (Lipinski definition) is 1. The van der Waals surface area contributed by atoms with Crippen LogP contribution in [0.4, 0.5) is 8.78 Å². The summed E-state index contributed by atoms with van der Waals surface area (Å²) in [5.41, 5.74) is 8.34. The predicted molar refractivity (Wildman–Crippen MR) is 297 cm³/mol. The maximum absolute atomic E-state index is 14.9. The lowest BCUT2D eigenvalue weighted by atomic mass is 9.81. The van der Waals surface area contributed by atoms with Crippen LogP contribution in [0.5, 0.6) is 23.0 Å². The number of carbonyl (C=O) groups excluding carboxylic acids is 2. The second-order valence-corrected chi connectivity index (χ2v) is 19.8. The maximum atomic E-state index is 14.9. The number of halogens is 3. The number of aromatic hydroxyl groups is 1. The molecule has 0 fully saturated rings. The molecule has 396 valence electrons. The molecule has 0 aliphatic carbocycles. The second-order valence-electron chi connectivity index (χ2n) is 19.5. The van der Waals surface area contributed by atoms with Crippen LogP contribution in [0.15, 0.2) is 121 Å². The summed E-state index contributed by atoms with van der Waals surface area (Å²) >= 11 is 5.93. The lowest BCUT2D eigenvalue weighted by molar-refractivity contribution is -0.141. The van der Waals surface area contributed by atoms with E-state index in [1.807, 2.05) is 74.5 Å². The maximum Gasteiger partial charge on any atom is 0.307 e. The molecule has 0 saturated carbocycles. The topological polar surface area (TPSA) is 101 Å². The molecule has 2 atom stereocenters. The monoisotopic (exact) mass is 1040 g/mol. The van der Waals surface area contributed by atoms with Gasteiger partial charge >= 0.3 is 11.9 Å². The van der Waals surface area contributed by atoms with E-state index in [4.69, 9.17) is 30.5 Å². The highest BCUT2D eigenvalue weighted by Crippen LogP contribution is 2.39. The normalized spacial score (nSPS) is 11.6. The van der Waals surface area contributed by atoms with Crippen LogP contribution in [0.25, 0.3) is 22.3 Å². The van der Waals surface area contributed by atoms with E-state index in [0.29, 0.717) is 47.3 Å². The Hall–Kier alpha value is -7.27. The van der Waals surface area contributed by atoms with Gasteiger partial charge in [-0.15, -0.1) is 23.4 Å². The number of rotatable bonds is 14. The van der Waals surface area contributed by atoms with Crippen LogP contribution in [0.3, 0.4) is 0 Å². The van der Waals surface area contributed by atoms with Gasteiger partial charge in [-0.05, 0) is 128 Å². The largest absolute Gasteiger partial charge is 0.508 e. The Kier molecular flexibility index (Phi) is 23.3. The van der Waals surface area contributed by atoms with E-state index in [-0.39, 0.29) is 64.8 Å². The van der Waals surface area contributed by atoms with E-state index >= 15 is 0 Å². The van der Waals surface area contributed by atoms with Crippen molar-refractivity contribution in [2.45, 2.75) is 116 Å². The van der Waals surface area contributed by atoms with Gasteiger partial charge in [-0.1, -0.05) is 116 Å². The van der Waals surface area contributed by atoms with Crippen LogP contribution in [0.2, 0.25) is 0 Å². The fraction of sp³-hybridized carbons (Fsp3) is 0.344. The van der Waals surface area contributed by atoms with Gasteiger partial charge in [0.2, 0.25) is 0 Å². The van der Waals surface area contributed by atoms with Gasteiger partial charge in [-0.3, -0.25) is 9.59 Å². The van der Waals surface area contributed by atoms with E-state index < -0.39 is 0 Å². The van der Waals surface area contributed by atoms with Gasteiger partial charge in [-0.2, -0.15) is 0 Å². The highest BCUT2D eigenvalue weighted by atomic mass is 35.5. The van der Waals surface area contributed by atoms with Gasteiger partial charge in [0.05, 0.1) is 53.1 Å². The third kappa shape index (κ3) is 18.3. The summed E-state index contributed by atoms with van der Waals surface area (Å²) in [4.78, 5) is 23.1. The van der Waals surface area contributed by atoms with Crippen molar-refractivity contribution in [3.63, 3.8) is 0 Å². The van der Waals surface area contributed by atoms with Crippen molar-refractivity contribution in [2.24, 2.45) is 0 Å². The van der Waals surface area contributed by atoms with Crippen LogP contribution >= 0.6 is 11.6 Å². The summed E-state index contributed by atoms with van der Waals surface area (Å²) in [6.07, 6.45) is 1.89. The molecule has 8 nitrogen and oxygen atoms in total. The summed E-state index contributed by atoms with van der Waals surface area (Å²) in [7, 11) is 5.90. The quantitative estimate of drug-likeness (QED) is 0.0654. The molecule has 6 aromatic carbocycles. The average molecular weight is 1040 g/mol. The number of carbonyl (C=O) groups is 2. The molecule has 6 rings (SSSR count). The van der Waals surface area contributed by atoms with E-state index in [9.17, 15) is 23.5 Å². The summed E-state index contributed by atoms with van der Waals surface area (Å²) in [6, 6.07) is 35.9. The highest BCUT2D eigenvalue weighted by Gasteiger charge is 2.23. The molecular formula is C64H71ClF2O8. The molecule has 0 spiro atoms. The first-order valence-corrected chi connectivity index (χ1v) is 25.4. The third-order valence-electron chi connectivity index (χ3n) is 12.0. The minimum atomic E-state index is -0.298. The first kappa shape index (κ1) is 60.3. The van der Waals surface area contributed by atoms with Crippen LogP contribution < -0.4 is 14.2 Å². The second kappa shape index (κ2) is 29.0. The van der Waals surface area contributed by atoms with E-state index in [1.165, 1.54) is 26.4 Å². The number of benzene rings is 6. The molecule has 0 bridgehead atoms. The molecule has 0 unspecified atom stereocenters. The Morgan fingerprint density at radius 1 is 0.547 bits per heavy atom. The van der Waals surface area contributed by atoms with Gasteiger partial charge in [0, 0.05) is 29.8 Å². The predicted octanol–water partition coefficient (Wildman–Crippen LogP) is 15.4. The molecule has 0 radical (unpaired) electrons. The third-order valence-corrected chi connectivity index (χ3v) is 12.3. The average Bonchev–Trinajstić information content (AvgIpc) is 3.40. The van der Waals surface area contributed by atoms with Crippen LogP contribution in [0, 0.1) is 35.3 Å². The molecule has 0 heterocycles. The van der Waals surface area contributed by atoms with E-state index in [0.717, 1.165) is 50.9 Å². The van der Waals surface area contributed by atoms with Crippen LogP contribution in [-0.2, 0) is 42.4 Å². The fourth-order valence-electron chi connectivity index (χ4n) is 7.91. The van der Waals surface area contributed by atoms with E-state index in [1.54, 1.807) is 62.8 Å². The molecular weight excluding hydrogens is 970 g/mol. The number of phenols is 1. The molecule has 0 saturated heterocycles. The first-order chi connectivity index (χ1) is 35.7. The van der Waals surface area contributed by atoms with Crippen molar-refractivity contribution >= 4 is 23.5 Å². The Labute approximate surface area is 448 Å². The minimum Gasteiger partial charge on any atom is -0.508 e. The van der Waals surface area contributed by atoms with Crippen molar-refractivity contribution < 1.29 is 47.2 Å². The lowest BCUT2D eigenvalue weighted by Gasteiger charge is -2.24. The Balaban J connectivity index is 0.000000269. The molecule has 1 N–H and O–H groups in total. The number of esters is 2. The SMILES string of the molecule is CCC#C[C@H](CC(=O)OC)c1ccc(O)cc1.CCC#C[C@H](CC(=O)OC)c1ccc(OCc2ccc(C(C)(C)C)c(-c3cc(OC)ccc3F)c2)cc1.COc1ccc(F)c(-c2cc(CCl)ccc2C(C)(C)C)c1. The van der Waals surface area contributed by atoms with Crippen molar-refractivity contribution in [1.82, 2.24) is 0 Å². The van der Waals surface area contributed by atoms with Gasteiger partial charge in [-0.25, -0.2) is 8.78 Å². The van der Waals surface area contributed by atoms with Gasteiger partial charge in [0.25, 0.3) is 0 Å². The van der Waals surface area contributed by atoms with Crippen molar-refractivity contribution in [1.29, 1.82) is 0 Å². The molecule has 75 heavy (non-hydrogen) atoms. The van der Waals surface area contributed by atoms with Crippen LogP contribution in [-0.4, -0.2) is 45.5 Å².